The van der Waals surface area contributed by atoms with E-state index < -0.39 is 11.8 Å². The third-order valence-corrected chi connectivity index (χ3v) is 6.08. The number of amides is 3. The van der Waals surface area contributed by atoms with E-state index in [0.717, 1.165) is 0 Å². The number of nitrogens with zero attached hydrogens (tertiary/aromatic N) is 1. The first kappa shape index (κ1) is 25.5. The molecule has 0 radical (unpaired) electrons. The largest absolute Gasteiger partial charge is 0.490 e. The summed E-state index contributed by atoms with van der Waals surface area (Å²) in [5, 5.41) is 4.51. The first-order chi connectivity index (χ1) is 17.4. The lowest BCUT2D eigenvalue weighted by Crippen LogP contribution is -2.35. The monoisotopic (exact) mass is 617 g/mol. The molecule has 3 aromatic rings. The second kappa shape index (κ2) is 11.4. The third kappa shape index (κ3) is 5.97. The molecular weight excluding hydrogens is 597 g/mol. The first-order valence-electron chi connectivity index (χ1n) is 10.9. The van der Waals surface area contributed by atoms with Crippen molar-refractivity contribution < 1.29 is 23.9 Å². The molecule has 1 saturated heterocycles. The summed E-state index contributed by atoms with van der Waals surface area (Å²) >= 11 is 7.93. The van der Waals surface area contributed by atoms with Crippen LogP contribution in [0.1, 0.15) is 12.5 Å². The summed E-state index contributed by atoms with van der Waals surface area (Å²) in [5.41, 5.74) is 4.31. The van der Waals surface area contributed by atoms with Gasteiger partial charge in [-0.1, -0.05) is 29.8 Å². The molecule has 0 bridgehead atoms. The van der Waals surface area contributed by atoms with Crippen molar-refractivity contribution in [2.75, 3.05) is 23.5 Å². The average molecular weight is 618 g/mol. The highest BCUT2D eigenvalue weighted by Crippen LogP contribution is 2.35. The summed E-state index contributed by atoms with van der Waals surface area (Å²) in [7, 11) is 0. The molecule has 0 unspecified atom stereocenters. The number of hydrogen-bond acceptors (Lipinski definition) is 5. The maximum atomic E-state index is 12.9. The molecule has 10 heteroatoms. The van der Waals surface area contributed by atoms with E-state index in [4.69, 9.17) is 21.1 Å². The predicted molar refractivity (Wildman–Crippen MR) is 146 cm³/mol. The fourth-order valence-electron chi connectivity index (χ4n) is 3.43. The number of benzene rings is 3. The van der Waals surface area contributed by atoms with Crippen LogP contribution in [0, 0.1) is 3.57 Å². The Labute approximate surface area is 226 Å². The SMILES string of the molecule is CCOc1cc(/C=C2/C(=O)NN(c3ccccc3)C2=O)cc(I)c1OCC(=O)Nc1ccc(Cl)cc1. The molecule has 0 aromatic heterocycles. The third-order valence-electron chi connectivity index (χ3n) is 5.02. The normalized spacial score (nSPS) is 14.1. The minimum atomic E-state index is -0.504. The van der Waals surface area contributed by atoms with Crippen molar-refractivity contribution in [3.8, 4) is 11.5 Å². The molecule has 3 amide bonds. The topological polar surface area (TPSA) is 97.0 Å². The molecule has 0 aliphatic carbocycles. The maximum Gasteiger partial charge on any atom is 0.282 e. The molecule has 184 valence electrons. The fourth-order valence-corrected chi connectivity index (χ4v) is 4.33. The van der Waals surface area contributed by atoms with Gasteiger partial charge in [0.15, 0.2) is 18.1 Å². The van der Waals surface area contributed by atoms with Crippen molar-refractivity contribution in [3.05, 3.63) is 86.5 Å². The van der Waals surface area contributed by atoms with Gasteiger partial charge in [-0.2, -0.15) is 0 Å². The zero-order valence-electron chi connectivity index (χ0n) is 19.1. The van der Waals surface area contributed by atoms with Crippen molar-refractivity contribution in [3.63, 3.8) is 0 Å². The number of hydrazine groups is 1. The maximum absolute atomic E-state index is 12.9. The van der Waals surface area contributed by atoms with Crippen LogP contribution < -0.4 is 25.2 Å². The highest BCUT2D eigenvalue weighted by molar-refractivity contribution is 14.1. The van der Waals surface area contributed by atoms with Crippen molar-refractivity contribution in [1.82, 2.24) is 5.43 Å². The van der Waals surface area contributed by atoms with Crippen molar-refractivity contribution in [1.29, 1.82) is 0 Å². The molecule has 0 spiro atoms. The summed E-state index contributed by atoms with van der Waals surface area (Å²) in [6.45, 7) is 1.93. The van der Waals surface area contributed by atoms with E-state index in [1.165, 1.54) is 11.1 Å². The number of para-hydroxylation sites is 1. The van der Waals surface area contributed by atoms with Gasteiger partial charge in [-0.15, -0.1) is 0 Å². The van der Waals surface area contributed by atoms with E-state index in [2.05, 4.69) is 33.3 Å². The molecule has 0 saturated carbocycles. The van der Waals surface area contributed by atoms with Gasteiger partial charge >= 0.3 is 0 Å². The number of hydrogen-bond donors (Lipinski definition) is 2. The molecule has 0 atom stereocenters. The van der Waals surface area contributed by atoms with E-state index in [9.17, 15) is 14.4 Å². The van der Waals surface area contributed by atoms with Crippen molar-refractivity contribution in [2.24, 2.45) is 0 Å². The standard InChI is InChI=1S/C26H21ClIN3O5/c1-2-35-22-14-16(12-20-25(33)30-31(26(20)34)19-6-4-3-5-7-19)13-21(28)24(22)36-15-23(32)29-18-10-8-17(27)9-11-18/h3-14H,2,15H2,1H3,(H,29,32)(H,30,33)/b20-12-. The van der Waals surface area contributed by atoms with Crippen LogP contribution in [0.2, 0.25) is 5.02 Å². The van der Waals surface area contributed by atoms with Gasteiger partial charge in [0.25, 0.3) is 17.7 Å². The Morgan fingerprint density at radius 3 is 2.50 bits per heavy atom. The number of carbonyl (C=O) groups excluding carboxylic acids is 3. The predicted octanol–water partition coefficient (Wildman–Crippen LogP) is 4.82. The lowest BCUT2D eigenvalue weighted by molar-refractivity contribution is -0.118. The van der Waals surface area contributed by atoms with Gasteiger partial charge in [-0.3, -0.25) is 19.8 Å². The smallest absolute Gasteiger partial charge is 0.282 e. The van der Waals surface area contributed by atoms with Crippen LogP contribution in [0.5, 0.6) is 11.5 Å². The van der Waals surface area contributed by atoms with Crippen molar-refractivity contribution in [2.45, 2.75) is 6.92 Å². The lowest BCUT2D eigenvalue weighted by Gasteiger charge is -2.15. The molecule has 1 fully saturated rings. The van der Waals surface area contributed by atoms with Gasteiger partial charge in [0.1, 0.15) is 5.57 Å². The Morgan fingerprint density at radius 1 is 1.08 bits per heavy atom. The van der Waals surface area contributed by atoms with Crippen LogP contribution in [0.15, 0.2) is 72.3 Å². The van der Waals surface area contributed by atoms with Crippen LogP contribution in [-0.2, 0) is 14.4 Å². The summed E-state index contributed by atoms with van der Waals surface area (Å²) in [5.74, 6) is -0.536. The number of halogens is 2. The Kier molecular flexibility index (Phi) is 8.11. The van der Waals surface area contributed by atoms with E-state index in [1.807, 2.05) is 13.0 Å². The molecule has 1 heterocycles. The zero-order valence-corrected chi connectivity index (χ0v) is 22.0. The molecule has 1 aliphatic rings. The van der Waals surface area contributed by atoms with Crippen molar-refractivity contribution >= 4 is 69.4 Å². The second-order valence-corrected chi connectivity index (χ2v) is 9.18. The van der Waals surface area contributed by atoms with Gasteiger partial charge in [-0.25, -0.2) is 5.01 Å². The van der Waals surface area contributed by atoms with Crippen LogP contribution >= 0.6 is 34.2 Å². The van der Waals surface area contributed by atoms with Gasteiger partial charge < -0.3 is 14.8 Å². The van der Waals surface area contributed by atoms with Gasteiger partial charge in [-0.05, 0) is 89.7 Å². The first-order valence-corrected chi connectivity index (χ1v) is 12.4. The van der Waals surface area contributed by atoms with Crippen LogP contribution in [0.4, 0.5) is 11.4 Å². The molecule has 2 N–H and O–H groups in total. The second-order valence-electron chi connectivity index (χ2n) is 7.58. The highest BCUT2D eigenvalue weighted by atomic mass is 127. The molecule has 4 rings (SSSR count). The zero-order chi connectivity index (χ0) is 25.7. The molecule has 36 heavy (non-hydrogen) atoms. The Morgan fingerprint density at radius 2 is 1.81 bits per heavy atom. The molecule has 3 aromatic carbocycles. The van der Waals surface area contributed by atoms with Gasteiger partial charge in [0.2, 0.25) is 0 Å². The highest BCUT2D eigenvalue weighted by Gasteiger charge is 2.34. The van der Waals surface area contributed by atoms with Gasteiger partial charge in [0, 0.05) is 10.7 Å². The summed E-state index contributed by atoms with van der Waals surface area (Å²) < 4.78 is 12.2. The Hall–Kier alpha value is -3.57. The molecule has 1 aliphatic heterocycles. The summed E-state index contributed by atoms with van der Waals surface area (Å²) in [6, 6.07) is 19.0. The number of anilines is 2. The summed E-state index contributed by atoms with van der Waals surface area (Å²) in [4.78, 5) is 37.8. The minimum absolute atomic E-state index is 0.00638. The molecule has 8 nitrogen and oxygen atoms in total. The molecular formula is C26H21ClIN3O5. The van der Waals surface area contributed by atoms with E-state index in [0.29, 0.717) is 43.6 Å². The van der Waals surface area contributed by atoms with E-state index in [1.54, 1.807) is 60.7 Å². The summed E-state index contributed by atoms with van der Waals surface area (Å²) in [6.07, 6.45) is 1.50. The lowest BCUT2D eigenvalue weighted by atomic mass is 10.1. The quantitative estimate of drug-likeness (QED) is 0.215. The van der Waals surface area contributed by atoms with Gasteiger partial charge in [0.05, 0.1) is 15.9 Å². The van der Waals surface area contributed by atoms with Crippen LogP contribution in [0.3, 0.4) is 0 Å². The number of nitrogens with one attached hydrogen (secondary N) is 2. The average Bonchev–Trinajstić information content (AvgIpc) is 3.14. The van der Waals surface area contributed by atoms with E-state index in [-0.39, 0.29) is 18.1 Å². The number of ether oxygens (including phenoxy) is 2. The van der Waals surface area contributed by atoms with E-state index >= 15 is 0 Å². The van der Waals surface area contributed by atoms with Crippen LogP contribution in [0.25, 0.3) is 6.08 Å². The van der Waals surface area contributed by atoms with Crippen LogP contribution in [-0.4, -0.2) is 30.9 Å². The Balaban J connectivity index is 1.52. The Bertz CT molecular complexity index is 1330. The number of rotatable bonds is 8. The number of carbonyl (C=O) groups is 3. The fraction of sp³-hybridized carbons (Fsp3) is 0.115. The minimum Gasteiger partial charge on any atom is -0.490 e.